The Hall–Kier alpha value is -5.11. The lowest BCUT2D eigenvalue weighted by atomic mass is 9.93. The third-order valence-corrected chi connectivity index (χ3v) is 8.35. The minimum atomic E-state index is 0.668. The first-order valence-corrected chi connectivity index (χ1v) is 13.5. The second-order valence-electron chi connectivity index (χ2n) is 9.44. The molecule has 4 heteroatoms. The number of pyridine rings is 2. The fourth-order valence-electron chi connectivity index (χ4n) is 5.21. The van der Waals surface area contributed by atoms with Gasteiger partial charge in [-0.15, -0.1) is 11.3 Å². The normalized spacial score (nSPS) is 11.1. The van der Waals surface area contributed by atoms with E-state index in [0.29, 0.717) is 5.56 Å². The van der Waals surface area contributed by atoms with E-state index >= 15 is 0 Å². The van der Waals surface area contributed by atoms with E-state index in [9.17, 15) is 5.26 Å². The topological polar surface area (TPSA) is 49.6 Å². The lowest BCUT2D eigenvalue weighted by Crippen LogP contribution is -1.87. The Morgan fingerprint density at radius 2 is 1.05 bits per heavy atom. The van der Waals surface area contributed by atoms with Crippen LogP contribution in [0.25, 0.3) is 64.7 Å². The highest BCUT2D eigenvalue weighted by Gasteiger charge is 2.15. The molecule has 0 aliphatic carbocycles. The highest BCUT2D eigenvalue weighted by Crippen LogP contribution is 2.44. The molecule has 0 aliphatic rings. The van der Waals surface area contributed by atoms with E-state index in [0.717, 1.165) is 38.9 Å². The number of fused-ring (bicyclic) bond motifs is 3. The lowest BCUT2D eigenvalue weighted by Gasteiger charge is -2.11. The Bertz CT molecular complexity index is 1960. The zero-order chi connectivity index (χ0) is 26.2. The summed E-state index contributed by atoms with van der Waals surface area (Å²) in [5.74, 6) is 0. The quantitative estimate of drug-likeness (QED) is 0.235. The number of nitriles is 1. The van der Waals surface area contributed by atoms with Gasteiger partial charge in [0.15, 0.2) is 0 Å². The molecule has 0 aliphatic heterocycles. The maximum absolute atomic E-state index is 9.45. The molecule has 4 aromatic carbocycles. The van der Waals surface area contributed by atoms with Crippen LogP contribution in [0, 0.1) is 11.3 Å². The molecule has 0 saturated carbocycles. The lowest BCUT2D eigenvalue weighted by molar-refractivity contribution is 1.32. The molecule has 0 atom stereocenters. The third kappa shape index (κ3) is 4.16. The van der Waals surface area contributed by atoms with Gasteiger partial charge in [-0.05, 0) is 75.8 Å². The van der Waals surface area contributed by atoms with Crippen LogP contribution in [0.4, 0.5) is 0 Å². The number of hydrogen-bond acceptors (Lipinski definition) is 4. The van der Waals surface area contributed by atoms with Gasteiger partial charge in [-0.2, -0.15) is 5.26 Å². The molecule has 182 valence electrons. The number of benzene rings is 4. The van der Waals surface area contributed by atoms with Crippen LogP contribution in [0.15, 0.2) is 128 Å². The van der Waals surface area contributed by atoms with Gasteiger partial charge < -0.3 is 0 Å². The summed E-state index contributed by atoms with van der Waals surface area (Å²) in [6.07, 6.45) is 7.43. The molecular weight excluding hydrogens is 494 g/mol. The predicted molar refractivity (Wildman–Crippen MR) is 161 cm³/mol. The first kappa shape index (κ1) is 23.0. The maximum atomic E-state index is 9.45. The number of hydrogen-bond donors (Lipinski definition) is 0. The Morgan fingerprint density at radius 1 is 0.513 bits per heavy atom. The minimum Gasteiger partial charge on any atom is -0.264 e. The van der Waals surface area contributed by atoms with Gasteiger partial charge in [-0.25, -0.2) is 0 Å². The van der Waals surface area contributed by atoms with E-state index < -0.39 is 0 Å². The van der Waals surface area contributed by atoms with E-state index in [-0.39, 0.29) is 0 Å². The molecule has 0 N–H and O–H groups in total. The molecule has 0 radical (unpaired) electrons. The first-order valence-electron chi connectivity index (χ1n) is 12.7. The van der Waals surface area contributed by atoms with Crippen LogP contribution in [-0.2, 0) is 0 Å². The molecule has 3 heterocycles. The van der Waals surface area contributed by atoms with Crippen molar-refractivity contribution in [2.45, 2.75) is 0 Å². The maximum Gasteiger partial charge on any atom is 0.0991 e. The third-order valence-electron chi connectivity index (χ3n) is 7.06. The van der Waals surface area contributed by atoms with Crippen LogP contribution < -0.4 is 0 Å². The van der Waals surface area contributed by atoms with Crippen molar-refractivity contribution in [2.75, 3.05) is 0 Å². The van der Waals surface area contributed by atoms with Crippen molar-refractivity contribution in [1.29, 1.82) is 5.26 Å². The van der Waals surface area contributed by atoms with Crippen molar-refractivity contribution in [1.82, 2.24) is 9.97 Å². The van der Waals surface area contributed by atoms with Gasteiger partial charge >= 0.3 is 0 Å². The molecule has 39 heavy (non-hydrogen) atoms. The molecule has 0 spiro atoms. The summed E-state index contributed by atoms with van der Waals surface area (Å²) in [5.41, 5.74) is 9.61. The molecule has 0 saturated heterocycles. The standard InChI is InChI=1S/C35H21N3S/c36-20-23-6-1-7-24(16-23)30-10-2-12-32-33-13-3-11-31(35(33)39-34(30)32)29-18-27(25-8-4-14-37-21-25)17-28(19-29)26-9-5-15-38-22-26/h1-19,21-22H. The second-order valence-corrected chi connectivity index (χ2v) is 10.5. The molecule has 3 nitrogen and oxygen atoms in total. The van der Waals surface area contributed by atoms with Crippen molar-refractivity contribution in [3.63, 3.8) is 0 Å². The van der Waals surface area contributed by atoms with Crippen molar-refractivity contribution >= 4 is 31.5 Å². The van der Waals surface area contributed by atoms with Crippen molar-refractivity contribution in [3.05, 3.63) is 133 Å². The molecule has 3 aromatic heterocycles. The summed E-state index contributed by atoms with van der Waals surface area (Å²) in [4.78, 5) is 8.73. The number of nitrogens with zero attached hydrogens (tertiary/aromatic N) is 3. The fourth-order valence-corrected chi connectivity index (χ4v) is 6.59. The molecule has 0 fully saturated rings. The average molecular weight is 516 g/mol. The van der Waals surface area contributed by atoms with Gasteiger partial charge in [-0.3, -0.25) is 9.97 Å². The van der Waals surface area contributed by atoms with Gasteiger partial charge in [0.05, 0.1) is 11.6 Å². The minimum absolute atomic E-state index is 0.668. The van der Waals surface area contributed by atoms with Crippen molar-refractivity contribution in [2.24, 2.45) is 0 Å². The van der Waals surface area contributed by atoms with Crippen molar-refractivity contribution in [3.8, 4) is 50.6 Å². The van der Waals surface area contributed by atoms with Gasteiger partial charge in [-0.1, -0.05) is 60.7 Å². The van der Waals surface area contributed by atoms with E-state index in [1.165, 1.54) is 25.7 Å². The monoisotopic (exact) mass is 515 g/mol. The Labute approximate surface area is 230 Å². The van der Waals surface area contributed by atoms with E-state index in [1.54, 1.807) is 12.4 Å². The zero-order valence-corrected chi connectivity index (χ0v) is 21.7. The van der Waals surface area contributed by atoms with Crippen LogP contribution >= 0.6 is 11.3 Å². The molecule has 0 unspecified atom stereocenters. The Kier molecular flexibility index (Phi) is 5.70. The fraction of sp³-hybridized carbons (Fsp3) is 0. The van der Waals surface area contributed by atoms with Crippen LogP contribution in [0.2, 0.25) is 0 Å². The molecule has 0 bridgehead atoms. The van der Waals surface area contributed by atoms with Gasteiger partial charge in [0.1, 0.15) is 0 Å². The highest BCUT2D eigenvalue weighted by molar-refractivity contribution is 7.26. The summed E-state index contributed by atoms with van der Waals surface area (Å²) >= 11 is 1.81. The van der Waals surface area contributed by atoms with Gasteiger partial charge in [0.2, 0.25) is 0 Å². The second kappa shape index (κ2) is 9.64. The van der Waals surface area contributed by atoms with Gasteiger partial charge in [0.25, 0.3) is 0 Å². The molecular formula is C35H21N3S. The number of aromatic nitrogens is 2. The first-order chi connectivity index (χ1) is 19.3. The van der Waals surface area contributed by atoms with Crippen LogP contribution in [0.5, 0.6) is 0 Å². The molecule has 7 aromatic rings. The van der Waals surface area contributed by atoms with Crippen LogP contribution in [-0.4, -0.2) is 9.97 Å². The average Bonchev–Trinajstić information content (AvgIpc) is 3.41. The summed E-state index contributed by atoms with van der Waals surface area (Å²) in [7, 11) is 0. The van der Waals surface area contributed by atoms with Crippen LogP contribution in [0.3, 0.4) is 0 Å². The highest BCUT2D eigenvalue weighted by atomic mass is 32.1. The summed E-state index contributed by atoms with van der Waals surface area (Å²) in [6, 6.07) is 38.0. The van der Waals surface area contributed by atoms with E-state index in [1.807, 2.05) is 54.1 Å². The zero-order valence-electron chi connectivity index (χ0n) is 20.9. The summed E-state index contributed by atoms with van der Waals surface area (Å²) < 4.78 is 2.47. The van der Waals surface area contributed by atoms with Gasteiger partial charge in [0, 0.05) is 56.1 Å². The summed E-state index contributed by atoms with van der Waals surface area (Å²) in [5, 5.41) is 11.9. The smallest absolute Gasteiger partial charge is 0.0991 e. The summed E-state index contributed by atoms with van der Waals surface area (Å²) in [6.45, 7) is 0. The van der Waals surface area contributed by atoms with Crippen molar-refractivity contribution < 1.29 is 0 Å². The predicted octanol–water partition coefficient (Wildman–Crippen LogP) is 9.38. The van der Waals surface area contributed by atoms with Crippen LogP contribution in [0.1, 0.15) is 5.56 Å². The molecule has 0 amide bonds. The number of thiophene rings is 1. The largest absolute Gasteiger partial charge is 0.264 e. The Morgan fingerprint density at radius 3 is 1.62 bits per heavy atom. The SMILES string of the molecule is N#Cc1cccc(-c2cccc3c2sc2c(-c4cc(-c5cccnc5)cc(-c5cccnc5)c4)cccc23)c1. The van der Waals surface area contributed by atoms with E-state index in [2.05, 4.69) is 88.8 Å². The molecule has 7 rings (SSSR count). The Balaban J connectivity index is 1.47. The van der Waals surface area contributed by atoms with E-state index in [4.69, 9.17) is 0 Å². The number of rotatable bonds is 4.